The fourth-order valence-corrected chi connectivity index (χ4v) is 2.86. The van der Waals surface area contributed by atoms with E-state index >= 15 is 0 Å². The van der Waals surface area contributed by atoms with Gasteiger partial charge in [-0.2, -0.15) is 0 Å². The fraction of sp³-hybridized carbons (Fsp3) is 0.583. The van der Waals surface area contributed by atoms with E-state index in [1.165, 1.54) is 17.8 Å². The Bertz CT molecular complexity index is 356. The number of rotatable bonds is 4. The van der Waals surface area contributed by atoms with Crippen LogP contribution in [0.4, 0.5) is 5.00 Å². The zero-order valence-electron chi connectivity index (χ0n) is 9.66. The third-order valence-corrected chi connectivity index (χ3v) is 3.91. The molecule has 4 heteroatoms. The summed E-state index contributed by atoms with van der Waals surface area (Å²) in [5, 5.41) is 4.14. The molecule has 2 heterocycles. The second-order valence-electron chi connectivity index (χ2n) is 4.09. The molecule has 2 rings (SSSR count). The highest BCUT2D eigenvalue weighted by molar-refractivity contribution is 7.18. The summed E-state index contributed by atoms with van der Waals surface area (Å²) in [7, 11) is 0. The number of amides is 1. The van der Waals surface area contributed by atoms with Gasteiger partial charge in [0.25, 0.3) is 5.91 Å². The fourth-order valence-electron chi connectivity index (χ4n) is 1.88. The van der Waals surface area contributed by atoms with Gasteiger partial charge in [0.05, 0.1) is 9.88 Å². The van der Waals surface area contributed by atoms with Crippen molar-refractivity contribution in [3.05, 3.63) is 17.0 Å². The molecule has 0 saturated carbocycles. The van der Waals surface area contributed by atoms with Gasteiger partial charge < -0.3 is 10.2 Å². The van der Waals surface area contributed by atoms with Crippen molar-refractivity contribution in [2.45, 2.75) is 26.2 Å². The van der Waals surface area contributed by atoms with Crippen LogP contribution in [0.15, 0.2) is 12.1 Å². The van der Waals surface area contributed by atoms with Gasteiger partial charge in [-0.1, -0.05) is 6.92 Å². The molecule has 0 atom stereocenters. The second kappa shape index (κ2) is 5.34. The van der Waals surface area contributed by atoms with Crippen molar-refractivity contribution in [1.82, 2.24) is 5.32 Å². The number of carbonyl (C=O) groups excluding carboxylic acids is 1. The average Bonchev–Trinajstić information content (AvgIpc) is 2.94. The minimum atomic E-state index is 0.0669. The summed E-state index contributed by atoms with van der Waals surface area (Å²) in [4.78, 5) is 14.9. The lowest BCUT2D eigenvalue weighted by atomic mass is 10.4. The largest absolute Gasteiger partial charge is 0.363 e. The van der Waals surface area contributed by atoms with E-state index in [-0.39, 0.29) is 5.91 Å². The Morgan fingerprint density at radius 1 is 1.44 bits per heavy atom. The third kappa shape index (κ3) is 2.55. The molecule has 0 aromatic carbocycles. The first-order valence-corrected chi connectivity index (χ1v) is 6.76. The Hall–Kier alpha value is -1.03. The minimum Gasteiger partial charge on any atom is -0.363 e. The zero-order chi connectivity index (χ0) is 11.4. The van der Waals surface area contributed by atoms with Gasteiger partial charge in [-0.3, -0.25) is 4.79 Å². The molecule has 88 valence electrons. The van der Waals surface area contributed by atoms with Crippen molar-refractivity contribution < 1.29 is 4.79 Å². The molecule has 1 fully saturated rings. The highest BCUT2D eigenvalue weighted by atomic mass is 32.1. The van der Waals surface area contributed by atoms with Gasteiger partial charge in [-0.15, -0.1) is 11.3 Å². The molecule has 16 heavy (non-hydrogen) atoms. The van der Waals surface area contributed by atoms with E-state index < -0.39 is 0 Å². The maximum Gasteiger partial charge on any atom is 0.261 e. The first-order chi connectivity index (χ1) is 7.81. The maximum absolute atomic E-state index is 11.7. The molecule has 1 saturated heterocycles. The van der Waals surface area contributed by atoms with Crippen LogP contribution >= 0.6 is 11.3 Å². The van der Waals surface area contributed by atoms with E-state index in [0.717, 1.165) is 30.9 Å². The number of anilines is 1. The van der Waals surface area contributed by atoms with Crippen LogP contribution in [0.2, 0.25) is 0 Å². The topological polar surface area (TPSA) is 32.3 Å². The SMILES string of the molecule is CCCNC(=O)c1ccc(N2CCCC2)s1. The third-order valence-electron chi connectivity index (χ3n) is 2.77. The Balaban J connectivity index is 1.98. The highest BCUT2D eigenvalue weighted by Crippen LogP contribution is 2.28. The van der Waals surface area contributed by atoms with Crippen LogP contribution < -0.4 is 10.2 Å². The van der Waals surface area contributed by atoms with Crippen molar-refractivity contribution in [2.24, 2.45) is 0 Å². The van der Waals surface area contributed by atoms with E-state index in [2.05, 4.69) is 23.2 Å². The van der Waals surface area contributed by atoms with E-state index in [1.807, 2.05) is 6.07 Å². The summed E-state index contributed by atoms with van der Waals surface area (Å²) in [5.41, 5.74) is 0. The number of nitrogens with zero attached hydrogens (tertiary/aromatic N) is 1. The van der Waals surface area contributed by atoms with Crippen LogP contribution in [0.1, 0.15) is 35.9 Å². The number of carbonyl (C=O) groups is 1. The molecular formula is C12H18N2OS. The molecule has 0 unspecified atom stereocenters. The smallest absolute Gasteiger partial charge is 0.261 e. The van der Waals surface area contributed by atoms with Gasteiger partial charge in [-0.05, 0) is 31.4 Å². The lowest BCUT2D eigenvalue weighted by Gasteiger charge is -2.13. The normalized spacial score (nSPS) is 15.4. The molecule has 0 aliphatic carbocycles. The molecule has 1 aromatic rings. The zero-order valence-corrected chi connectivity index (χ0v) is 10.5. The first kappa shape index (κ1) is 11.5. The summed E-state index contributed by atoms with van der Waals surface area (Å²) in [6, 6.07) is 4.00. The van der Waals surface area contributed by atoms with Crippen molar-refractivity contribution in [3.8, 4) is 0 Å². The highest BCUT2D eigenvalue weighted by Gasteiger charge is 2.16. The van der Waals surface area contributed by atoms with E-state index in [9.17, 15) is 4.79 Å². The Kier molecular flexibility index (Phi) is 3.83. The number of hydrogen-bond donors (Lipinski definition) is 1. The molecule has 1 aromatic heterocycles. The lowest BCUT2D eigenvalue weighted by molar-refractivity contribution is 0.0957. The van der Waals surface area contributed by atoms with E-state index in [0.29, 0.717) is 0 Å². The average molecular weight is 238 g/mol. The van der Waals surface area contributed by atoms with Crippen molar-refractivity contribution >= 4 is 22.2 Å². The maximum atomic E-state index is 11.7. The number of nitrogens with one attached hydrogen (secondary N) is 1. The molecule has 1 aliphatic rings. The molecule has 0 spiro atoms. The van der Waals surface area contributed by atoms with E-state index in [4.69, 9.17) is 0 Å². The van der Waals surface area contributed by atoms with Gasteiger partial charge in [0.15, 0.2) is 0 Å². The van der Waals surface area contributed by atoms with Gasteiger partial charge in [0.2, 0.25) is 0 Å². The second-order valence-corrected chi connectivity index (χ2v) is 5.15. The standard InChI is InChI=1S/C12H18N2OS/c1-2-7-13-12(15)10-5-6-11(16-10)14-8-3-4-9-14/h5-6H,2-4,7-9H2,1H3,(H,13,15). The first-order valence-electron chi connectivity index (χ1n) is 5.94. The molecule has 1 aliphatic heterocycles. The van der Waals surface area contributed by atoms with Crippen molar-refractivity contribution in [1.29, 1.82) is 0 Å². The van der Waals surface area contributed by atoms with Crippen molar-refractivity contribution in [3.63, 3.8) is 0 Å². The Labute approximate surface area is 100 Å². The van der Waals surface area contributed by atoms with Crippen LogP contribution in [0.25, 0.3) is 0 Å². The molecule has 1 N–H and O–H groups in total. The lowest BCUT2D eigenvalue weighted by Crippen LogP contribution is -2.22. The van der Waals surface area contributed by atoms with Gasteiger partial charge in [0.1, 0.15) is 0 Å². The Morgan fingerprint density at radius 2 is 2.19 bits per heavy atom. The summed E-state index contributed by atoms with van der Waals surface area (Å²) in [5.74, 6) is 0.0669. The van der Waals surface area contributed by atoms with Crippen LogP contribution in [-0.2, 0) is 0 Å². The number of hydrogen-bond acceptors (Lipinski definition) is 3. The molecule has 1 amide bonds. The van der Waals surface area contributed by atoms with Crippen LogP contribution in [0.3, 0.4) is 0 Å². The summed E-state index contributed by atoms with van der Waals surface area (Å²) < 4.78 is 0. The van der Waals surface area contributed by atoms with Gasteiger partial charge in [0, 0.05) is 19.6 Å². The molecular weight excluding hydrogens is 220 g/mol. The Morgan fingerprint density at radius 3 is 2.88 bits per heavy atom. The van der Waals surface area contributed by atoms with E-state index in [1.54, 1.807) is 11.3 Å². The molecule has 0 bridgehead atoms. The quantitative estimate of drug-likeness (QED) is 0.874. The molecule has 3 nitrogen and oxygen atoms in total. The number of thiophene rings is 1. The predicted molar refractivity (Wildman–Crippen MR) is 68.4 cm³/mol. The summed E-state index contributed by atoms with van der Waals surface area (Å²) >= 11 is 1.60. The van der Waals surface area contributed by atoms with Crippen LogP contribution in [0, 0.1) is 0 Å². The summed E-state index contributed by atoms with van der Waals surface area (Å²) in [6.07, 6.45) is 3.53. The van der Waals surface area contributed by atoms with Crippen molar-refractivity contribution in [2.75, 3.05) is 24.5 Å². The van der Waals surface area contributed by atoms with Gasteiger partial charge in [-0.25, -0.2) is 0 Å². The monoisotopic (exact) mass is 238 g/mol. The van der Waals surface area contributed by atoms with Crippen LogP contribution in [-0.4, -0.2) is 25.5 Å². The minimum absolute atomic E-state index is 0.0669. The van der Waals surface area contributed by atoms with Gasteiger partial charge >= 0.3 is 0 Å². The predicted octanol–water partition coefficient (Wildman–Crippen LogP) is 2.49. The summed E-state index contributed by atoms with van der Waals surface area (Å²) in [6.45, 7) is 5.09. The molecule has 0 radical (unpaired) electrons. The van der Waals surface area contributed by atoms with Crippen LogP contribution in [0.5, 0.6) is 0 Å².